The van der Waals surface area contributed by atoms with Gasteiger partial charge in [0.2, 0.25) is 0 Å². The van der Waals surface area contributed by atoms with Gasteiger partial charge < -0.3 is 19.7 Å². The molecule has 0 saturated carbocycles. The van der Waals surface area contributed by atoms with Gasteiger partial charge in [-0.2, -0.15) is 0 Å². The molecule has 1 aliphatic rings. The fraction of sp³-hybridized carbons (Fsp3) is 1.00. The molecular formula is C9H18O4. The summed E-state index contributed by atoms with van der Waals surface area (Å²) in [6, 6.07) is 0. The standard InChI is InChI=1S/C9H18O4/c1-2-3-4-12-9-5-7(10)8(11)6-13-9/h7-11H,2-6H2,1H3/t7-,8+,9+/m0/s1. The van der Waals surface area contributed by atoms with Crippen molar-refractivity contribution in [2.75, 3.05) is 13.2 Å². The summed E-state index contributed by atoms with van der Waals surface area (Å²) >= 11 is 0. The summed E-state index contributed by atoms with van der Waals surface area (Å²) in [5.74, 6) is 0. The third-order valence-electron chi connectivity index (χ3n) is 2.13. The maximum atomic E-state index is 9.29. The first kappa shape index (κ1) is 10.9. The first-order valence-electron chi connectivity index (χ1n) is 4.83. The van der Waals surface area contributed by atoms with E-state index in [1.54, 1.807) is 0 Å². The van der Waals surface area contributed by atoms with E-state index in [1.165, 1.54) is 0 Å². The Morgan fingerprint density at radius 1 is 1.38 bits per heavy atom. The topological polar surface area (TPSA) is 58.9 Å². The third kappa shape index (κ3) is 3.60. The highest BCUT2D eigenvalue weighted by Gasteiger charge is 2.28. The molecule has 0 bridgehead atoms. The summed E-state index contributed by atoms with van der Waals surface area (Å²) in [5.41, 5.74) is 0. The molecule has 0 aromatic carbocycles. The van der Waals surface area contributed by atoms with Crippen LogP contribution in [0, 0.1) is 0 Å². The lowest BCUT2D eigenvalue weighted by atomic mass is 10.1. The van der Waals surface area contributed by atoms with Crippen LogP contribution in [-0.2, 0) is 9.47 Å². The van der Waals surface area contributed by atoms with Gasteiger partial charge in [0.05, 0.1) is 12.7 Å². The van der Waals surface area contributed by atoms with Gasteiger partial charge in [0.15, 0.2) is 6.29 Å². The summed E-state index contributed by atoms with van der Waals surface area (Å²) in [6.07, 6.45) is 0.637. The quantitative estimate of drug-likeness (QED) is 0.625. The molecule has 4 nitrogen and oxygen atoms in total. The Morgan fingerprint density at radius 3 is 2.77 bits per heavy atom. The Labute approximate surface area is 78.5 Å². The van der Waals surface area contributed by atoms with Crippen LogP contribution in [0.25, 0.3) is 0 Å². The Kier molecular flexibility index (Phi) is 4.66. The molecule has 0 aliphatic carbocycles. The smallest absolute Gasteiger partial charge is 0.160 e. The Morgan fingerprint density at radius 2 is 2.15 bits per heavy atom. The first-order valence-corrected chi connectivity index (χ1v) is 4.83. The van der Waals surface area contributed by atoms with Gasteiger partial charge in [0.1, 0.15) is 6.10 Å². The zero-order valence-electron chi connectivity index (χ0n) is 7.98. The normalized spacial score (nSPS) is 34.8. The molecule has 0 spiro atoms. The molecule has 1 rings (SSSR count). The van der Waals surface area contributed by atoms with Crippen molar-refractivity contribution in [3.63, 3.8) is 0 Å². The SMILES string of the molecule is CCCCO[C@H]1C[C@H](O)[C@H](O)CO1. The molecule has 0 aromatic heterocycles. The van der Waals surface area contributed by atoms with Gasteiger partial charge in [-0.05, 0) is 6.42 Å². The van der Waals surface area contributed by atoms with Gasteiger partial charge in [-0.3, -0.25) is 0 Å². The van der Waals surface area contributed by atoms with Crippen LogP contribution in [0.4, 0.5) is 0 Å². The van der Waals surface area contributed by atoms with E-state index in [1.807, 2.05) is 0 Å². The Hall–Kier alpha value is -0.160. The third-order valence-corrected chi connectivity index (χ3v) is 2.13. The number of ether oxygens (including phenoxy) is 2. The summed E-state index contributed by atoms with van der Waals surface area (Å²) in [7, 11) is 0. The maximum absolute atomic E-state index is 9.29. The Bertz CT molecular complexity index is 140. The average Bonchev–Trinajstić information content (AvgIpc) is 2.12. The number of rotatable bonds is 4. The number of unbranched alkanes of at least 4 members (excludes halogenated alkanes) is 1. The Balaban J connectivity index is 2.14. The summed E-state index contributed by atoms with van der Waals surface area (Å²) in [6.45, 7) is 2.91. The average molecular weight is 190 g/mol. The van der Waals surface area contributed by atoms with E-state index in [0.29, 0.717) is 13.0 Å². The van der Waals surface area contributed by atoms with Gasteiger partial charge in [0.25, 0.3) is 0 Å². The molecule has 2 N–H and O–H groups in total. The first-order chi connectivity index (χ1) is 6.24. The highest BCUT2D eigenvalue weighted by molar-refractivity contribution is 4.73. The lowest BCUT2D eigenvalue weighted by Crippen LogP contribution is -2.42. The van der Waals surface area contributed by atoms with Crippen molar-refractivity contribution >= 4 is 0 Å². The molecule has 1 aliphatic heterocycles. The van der Waals surface area contributed by atoms with E-state index < -0.39 is 12.2 Å². The minimum atomic E-state index is -0.758. The second-order valence-corrected chi connectivity index (χ2v) is 3.36. The fourth-order valence-corrected chi connectivity index (χ4v) is 1.21. The molecular weight excluding hydrogens is 172 g/mol. The number of aliphatic hydroxyl groups is 2. The minimum Gasteiger partial charge on any atom is -0.390 e. The molecule has 1 saturated heterocycles. The van der Waals surface area contributed by atoms with Crippen molar-refractivity contribution in [1.29, 1.82) is 0 Å². The molecule has 1 heterocycles. The highest BCUT2D eigenvalue weighted by Crippen LogP contribution is 2.15. The van der Waals surface area contributed by atoms with E-state index >= 15 is 0 Å². The van der Waals surface area contributed by atoms with Crippen LogP contribution in [0.2, 0.25) is 0 Å². The van der Waals surface area contributed by atoms with Gasteiger partial charge in [0, 0.05) is 13.0 Å². The lowest BCUT2D eigenvalue weighted by Gasteiger charge is -2.30. The van der Waals surface area contributed by atoms with Crippen molar-refractivity contribution in [3.05, 3.63) is 0 Å². The lowest BCUT2D eigenvalue weighted by molar-refractivity contribution is -0.216. The molecule has 4 heteroatoms. The van der Waals surface area contributed by atoms with Gasteiger partial charge >= 0.3 is 0 Å². The van der Waals surface area contributed by atoms with E-state index in [2.05, 4.69) is 6.92 Å². The van der Waals surface area contributed by atoms with Crippen molar-refractivity contribution in [1.82, 2.24) is 0 Å². The van der Waals surface area contributed by atoms with Crippen LogP contribution in [0.5, 0.6) is 0 Å². The molecule has 13 heavy (non-hydrogen) atoms. The van der Waals surface area contributed by atoms with Crippen molar-refractivity contribution < 1.29 is 19.7 Å². The van der Waals surface area contributed by atoms with Crippen LogP contribution < -0.4 is 0 Å². The van der Waals surface area contributed by atoms with Gasteiger partial charge in [-0.25, -0.2) is 0 Å². The summed E-state index contributed by atoms with van der Waals surface area (Å²) in [5, 5.41) is 18.4. The van der Waals surface area contributed by atoms with Crippen molar-refractivity contribution in [2.24, 2.45) is 0 Å². The molecule has 3 atom stereocenters. The second-order valence-electron chi connectivity index (χ2n) is 3.36. The monoisotopic (exact) mass is 190 g/mol. The van der Waals surface area contributed by atoms with Crippen molar-refractivity contribution in [3.8, 4) is 0 Å². The number of hydrogen-bond acceptors (Lipinski definition) is 4. The predicted octanol–water partition coefficient (Wildman–Crippen LogP) is 0.271. The summed E-state index contributed by atoms with van der Waals surface area (Å²) in [4.78, 5) is 0. The van der Waals surface area contributed by atoms with E-state index in [9.17, 15) is 5.11 Å². The van der Waals surface area contributed by atoms with Crippen LogP contribution >= 0.6 is 0 Å². The molecule has 1 fully saturated rings. The molecule has 0 aromatic rings. The van der Waals surface area contributed by atoms with Crippen LogP contribution in [0.1, 0.15) is 26.2 Å². The van der Waals surface area contributed by atoms with Crippen LogP contribution in [-0.4, -0.2) is 41.9 Å². The van der Waals surface area contributed by atoms with E-state index in [-0.39, 0.29) is 12.9 Å². The number of aliphatic hydroxyl groups excluding tert-OH is 2. The van der Waals surface area contributed by atoms with Crippen molar-refractivity contribution in [2.45, 2.75) is 44.7 Å². The van der Waals surface area contributed by atoms with Crippen LogP contribution in [0.15, 0.2) is 0 Å². The second kappa shape index (κ2) is 5.54. The van der Waals surface area contributed by atoms with Gasteiger partial charge in [-0.1, -0.05) is 13.3 Å². The fourth-order valence-electron chi connectivity index (χ4n) is 1.21. The van der Waals surface area contributed by atoms with Gasteiger partial charge in [-0.15, -0.1) is 0 Å². The molecule has 78 valence electrons. The van der Waals surface area contributed by atoms with E-state index in [0.717, 1.165) is 12.8 Å². The maximum Gasteiger partial charge on any atom is 0.160 e. The zero-order chi connectivity index (χ0) is 9.68. The highest BCUT2D eigenvalue weighted by atomic mass is 16.7. The number of hydrogen-bond donors (Lipinski definition) is 2. The minimum absolute atomic E-state index is 0.165. The molecule has 0 unspecified atom stereocenters. The largest absolute Gasteiger partial charge is 0.390 e. The predicted molar refractivity (Wildman–Crippen MR) is 47.2 cm³/mol. The molecule has 0 radical (unpaired) electrons. The van der Waals surface area contributed by atoms with E-state index in [4.69, 9.17) is 14.6 Å². The molecule has 0 amide bonds. The van der Waals surface area contributed by atoms with Crippen LogP contribution in [0.3, 0.4) is 0 Å². The summed E-state index contributed by atoms with van der Waals surface area (Å²) < 4.78 is 10.5. The zero-order valence-corrected chi connectivity index (χ0v) is 7.98.